The fraction of sp³-hybridized carbons (Fsp3) is 0.548. The molecule has 0 spiro atoms. The smallest absolute Gasteiger partial charge is 0.131 e. The average Bonchev–Trinajstić information content (AvgIpc) is 3.47. The summed E-state index contributed by atoms with van der Waals surface area (Å²) in [7, 11) is 0. The van der Waals surface area contributed by atoms with Crippen LogP contribution in [0.15, 0.2) is 48.7 Å². The minimum Gasteiger partial charge on any atom is -0.494 e. The standard InChI is InChI=1S/C31H43N5O5/c1-22-20-23(10-14-32)4-9-29(22)41-26-7-5-25(6-8-26)39-18-3-2-15-35-16-11-24(12-17-35)36-21-27(33-34-36)31-30(38)28(37)13-19-40-31/h4-9,20-21,24,28,30-31,37-38H,2-3,10-19,32H2,1H3. The number of aliphatic hydroxyl groups is 2. The van der Waals surface area contributed by atoms with Gasteiger partial charge in [-0.05, 0) is 100.0 Å². The number of ether oxygens (including phenoxy) is 3. The summed E-state index contributed by atoms with van der Waals surface area (Å²) in [4.78, 5) is 2.50. The van der Waals surface area contributed by atoms with Crippen molar-refractivity contribution in [2.45, 2.75) is 69.8 Å². The third-order valence-electron chi connectivity index (χ3n) is 8.03. The van der Waals surface area contributed by atoms with Crippen LogP contribution in [0.1, 0.15) is 61.1 Å². The van der Waals surface area contributed by atoms with Gasteiger partial charge < -0.3 is 35.1 Å². The fourth-order valence-corrected chi connectivity index (χ4v) is 5.56. The molecule has 4 N–H and O–H groups in total. The van der Waals surface area contributed by atoms with E-state index in [0.717, 1.165) is 74.6 Å². The highest BCUT2D eigenvalue weighted by molar-refractivity contribution is 5.41. The number of nitrogens with zero attached hydrogens (tertiary/aromatic N) is 4. The van der Waals surface area contributed by atoms with Crippen molar-refractivity contribution in [2.75, 3.05) is 39.4 Å². The Hall–Kier alpha value is -3.02. The summed E-state index contributed by atoms with van der Waals surface area (Å²) < 4.78 is 19.6. The molecule has 3 unspecified atom stereocenters. The van der Waals surface area contributed by atoms with E-state index in [1.807, 2.05) is 41.2 Å². The van der Waals surface area contributed by atoms with E-state index < -0.39 is 18.3 Å². The summed E-state index contributed by atoms with van der Waals surface area (Å²) in [6, 6.07) is 14.3. The second-order valence-electron chi connectivity index (χ2n) is 11.1. The summed E-state index contributed by atoms with van der Waals surface area (Å²) in [5.41, 5.74) is 8.56. The number of likely N-dealkylation sites (tertiary alicyclic amines) is 1. The number of aliphatic hydroxyl groups excluding tert-OH is 2. The van der Waals surface area contributed by atoms with Crippen molar-refractivity contribution in [1.82, 2.24) is 19.9 Å². The second kappa shape index (κ2) is 14.2. The lowest BCUT2D eigenvalue weighted by molar-refractivity contribution is -0.138. The van der Waals surface area contributed by atoms with E-state index in [1.54, 1.807) is 0 Å². The molecule has 41 heavy (non-hydrogen) atoms. The van der Waals surface area contributed by atoms with Crippen molar-refractivity contribution in [3.05, 3.63) is 65.5 Å². The van der Waals surface area contributed by atoms with Crippen molar-refractivity contribution in [3.63, 3.8) is 0 Å². The van der Waals surface area contributed by atoms with Crippen molar-refractivity contribution < 1.29 is 24.4 Å². The van der Waals surface area contributed by atoms with Gasteiger partial charge in [-0.2, -0.15) is 0 Å². The predicted octanol–water partition coefficient (Wildman–Crippen LogP) is 3.56. The molecule has 0 radical (unpaired) electrons. The van der Waals surface area contributed by atoms with Gasteiger partial charge >= 0.3 is 0 Å². The van der Waals surface area contributed by atoms with E-state index in [1.165, 1.54) is 5.56 Å². The molecule has 2 aromatic carbocycles. The molecule has 0 bridgehead atoms. The molecule has 1 aromatic heterocycles. The van der Waals surface area contributed by atoms with Crippen LogP contribution in [0.25, 0.3) is 0 Å². The Bertz CT molecular complexity index is 1230. The van der Waals surface area contributed by atoms with Gasteiger partial charge in [-0.15, -0.1) is 5.10 Å². The molecule has 0 saturated carbocycles. The number of piperidine rings is 1. The van der Waals surface area contributed by atoms with E-state index >= 15 is 0 Å². The number of hydrogen-bond acceptors (Lipinski definition) is 9. The molecule has 2 fully saturated rings. The van der Waals surface area contributed by atoms with Crippen LogP contribution in [-0.4, -0.2) is 81.7 Å². The van der Waals surface area contributed by atoms with Gasteiger partial charge in [0.1, 0.15) is 35.2 Å². The van der Waals surface area contributed by atoms with Crippen LogP contribution in [0.3, 0.4) is 0 Å². The molecule has 0 aliphatic carbocycles. The number of rotatable bonds is 12. The van der Waals surface area contributed by atoms with Gasteiger partial charge in [0.25, 0.3) is 0 Å². The third-order valence-corrected chi connectivity index (χ3v) is 8.03. The molecule has 3 atom stereocenters. The monoisotopic (exact) mass is 565 g/mol. The summed E-state index contributed by atoms with van der Waals surface area (Å²) in [6.45, 7) is 6.86. The lowest BCUT2D eigenvalue weighted by Crippen LogP contribution is -2.39. The Labute approximate surface area is 242 Å². The zero-order valence-electron chi connectivity index (χ0n) is 23.9. The zero-order chi connectivity index (χ0) is 28.6. The van der Waals surface area contributed by atoms with Crippen LogP contribution in [0.4, 0.5) is 0 Å². The molecule has 10 nitrogen and oxygen atoms in total. The molecule has 2 aliphatic rings. The first-order valence-electron chi connectivity index (χ1n) is 14.8. The number of aromatic nitrogens is 3. The number of benzene rings is 2. The molecule has 2 saturated heterocycles. The topological polar surface area (TPSA) is 128 Å². The SMILES string of the molecule is Cc1cc(CCN)ccc1Oc1ccc(OCCCCN2CCC(n3cc(C4OCCC(O)C4O)nn3)CC2)cc1. The Kier molecular flexibility index (Phi) is 10.2. The number of unbranched alkanes of at least 4 members (excludes halogenated alkanes) is 1. The number of hydrogen-bond donors (Lipinski definition) is 3. The Morgan fingerprint density at radius 2 is 1.80 bits per heavy atom. The van der Waals surface area contributed by atoms with Gasteiger partial charge in [0.05, 0.1) is 31.6 Å². The van der Waals surface area contributed by atoms with Gasteiger partial charge in [-0.1, -0.05) is 17.3 Å². The lowest BCUT2D eigenvalue weighted by atomic mass is 10.0. The third kappa shape index (κ3) is 7.84. The molecular weight excluding hydrogens is 522 g/mol. The molecule has 3 aromatic rings. The zero-order valence-corrected chi connectivity index (χ0v) is 23.9. The highest BCUT2D eigenvalue weighted by Gasteiger charge is 2.35. The molecule has 10 heteroatoms. The fourth-order valence-electron chi connectivity index (χ4n) is 5.56. The van der Waals surface area contributed by atoms with Crippen LogP contribution in [0.5, 0.6) is 17.2 Å². The van der Waals surface area contributed by atoms with Crippen molar-refractivity contribution >= 4 is 0 Å². The Morgan fingerprint density at radius 1 is 1.02 bits per heavy atom. The van der Waals surface area contributed by atoms with Gasteiger partial charge in [0.2, 0.25) is 0 Å². The first kappa shape index (κ1) is 29.5. The first-order chi connectivity index (χ1) is 20.0. The van der Waals surface area contributed by atoms with E-state index in [2.05, 4.69) is 34.3 Å². The molecular formula is C31H43N5O5. The molecule has 0 amide bonds. The van der Waals surface area contributed by atoms with E-state index in [9.17, 15) is 10.2 Å². The average molecular weight is 566 g/mol. The van der Waals surface area contributed by atoms with Gasteiger partial charge in [-0.25, -0.2) is 4.68 Å². The first-order valence-corrected chi connectivity index (χ1v) is 14.8. The van der Waals surface area contributed by atoms with Gasteiger partial charge in [-0.3, -0.25) is 0 Å². The molecule has 3 heterocycles. The van der Waals surface area contributed by atoms with E-state index in [0.29, 0.717) is 31.9 Å². The van der Waals surface area contributed by atoms with Crippen LogP contribution in [0.2, 0.25) is 0 Å². The van der Waals surface area contributed by atoms with Crippen LogP contribution in [0, 0.1) is 6.92 Å². The lowest BCUT2D eigenvalue weighted by Gasteiger charge is -2.32. The van der Waals surface area contributed by atoms with Crippen molar-refractivity contribution in [2.24, 2.45) is 5.73 Å². The van der Waals surface area contributed by atoms with E-state index in [4.69, 9.17) is 19.9 Å². The minimum atomic E-state index is -0.965. The van der Waals surface area contributed by atoms with Gasteiger partial charge in [0.15, 0.2) is 0 Å². The summed E-state index contributed by atoms with van der Waals surface area (Å²) >= 11 is 0. The number of aryl methyl sites for hydroxylation is 1. The van der Waals surface area contributed by atoms with E-state index in [-0.39, 0.29) is 6.04 Å². The number of nitrogens with two attached hydrogens (primary N) is 1. The summed E-state index contributed by atoms with van der Waals surface area (Å²) in [5, 5.41) is 28.7. The van der Waals surface area contributed by atoms with Crippen molar-refractivity contribution in [3.8, 4) is 17.2 Å². The predicted molar refractivity (Wildman–Crippen MR) is 155 cm³/mol. The second-order valence-corrected chi connectivity index (χ2v) is 11.1. The Balaban J connectivity index is 0.976. The van der Waals surface area contributed by atoms with Crippen LogP contribution >= 0.6 is 0 Å². The largest absolute Gasteiger partial charge is 0.494 e. The summed E-state index contributed by atoms with van der Waals surface area (Å²) in [5.74, 6) is 2.49. The van der Waals surface area contributed by atoms with Crippen molar-refractivity contribution in [1.29, 1.82) is 0 Å². The van der Waals surface area contributed by atoms with Crippen LogP contribution in [-0.2, 0) is 11.2 Å². The minimum absolute atomic E-state index is 0.285. The molecule has 2 aliphatic heterocycles. The van der Waals surface area contributed by atoms with Gasteiger partial charge in [0, 0.05) is 13.1 Å². The van der Waals surface area contributed by atoms with Crippen LogP contribution < -0.4 is 15.2 Å². The molecule has 5 rings (SSSR count). The maximum absolute atomic E-state index is 10.2. The highest BCUT2D eigenvalue weighted by Crippen LogP contribution is 2.30. The maximum atomic E-state index is 10.2. The highest BCUT2D eigenvalue weighted by atomic mass is 16.5. The quantitative estimate of drug-likeness (QED) is 0.282. The summed E-state index contributed by atoms with van der Waals surface area (Å²) in [6.07, 6.45) is 4.88. The molecule has 222 valence electrons. The normalized spacial score (nSPS) is 22.1. The maximum Gasteiger partial charge on any atom is 0.131 e. The Morgan fingerprint density at radius 3 is 2.56 bits per heavy atom.